The van der Waals surface area contributed by atoms with Crippen LogP contribution in [0, 0.1) is 0 Å². The Morgan fingerprint density at radius 2 is 1.80 bits per heavy atom. The molecule has 0 fully saturated rings. The smallest absolute Gasteiger partial charge is 0.201 e. The second-order valence-corrected chi connectivity index (χ2v) is 5.22. The van der Waals surface area contributed by atoms with Gasteiger partial charge >= 0.3 is 0 Å². The summed E-state index contributed by atoms with van der Waals surface area (Å²) in [4.78, 5) is 23.5. The molecule has 4 heteroatoms. The maximum atomic E-state index is 11.4. The molecule has 0 N–H and O–H groups in total. The normalized spacial score (nSPS) is 9.93. The fourth-order valence-electron chi connectivity index (χ4n) is 0.986. The highest BCUT2D eigenvalue weighted by molar-refractivity contribution is 8.15. The molecule has 0 atom stereocenters. The lowest BCUT2D eigenvalue weighted by Gasteiger charge is -1.99. The predicted octanol–water partition coefficient (Wildman–Crippen LogP) is 2.98. The molecule has 0 spiro atoms. The van der Waals surface area contributed by atoms with Crippen molar-refractivity contribution < 1.29 is 9.59 Å². The zero-order valence-corrected chi connectivity index (χ0v) is 10.1. The molecular weight excluding hydrogens is 228 g/mol. The van der Waals surface area contributed by atoms with Crippen molar-refractivity contribution in [2.45, 2.75) is 18.2 Å². The van der Waals surface area contributed by atoms with E-state index in [0.717, 1.165) is 22.4 Å². The van der Waals surface area contributed by atoms with Gasteiger partial charge in [0.2, 0.25) is 5.12 Å². The van der Waals surface area contributed by atoms with Gasteiger partial charge in [-0.1, -0.05) is 48.6 Å². The van der Waals surface area contributed by atoms with E-state index in [2.05, 4.69) is 0 Å². The van der Waals surface area contributed by atoms with Crippen molar-refractivity contribution in [1.82, 2.24) is 0 Å². The Morgan fingerprint density at radius 3 is 2.40 bits per heavy atom. The van der Waals surface area contributed by atoms with E-state index in [-0.39, 0.29) is 16.7 Å². The van der Waals surface area contributed by atoms with E-state index < -0.39 is 0 Å². The van der Waals surface area contributed by atoms with Crippen LogP contribution in [0.3, 0.4) is 0 Å². The van der Waals surface area contributed by atoms with Gasteiger partial charge in [-0.15, -0.1) is 0 Å². The summed E-state index contributed by atoms with van der Waals surface area (Å²) in [5.74, 6) is 0.724. The van der Waals surface area contributed by atoms with Crippen molar-refractivity contribution >= 4 is 33.8 Å². The zero-order chi connectivity index (χ0) is 11.1. The Hall–Kier alpha value is -0.740. The van der Waals surface area contributed by atoms with Crippen LogP contribution < -0.4 is 0 Å². The number of rotatable bonds is 4. The third-order valence-electron chi connectivity index (χ3n) is 1.57. The number of carbonyl (C=O) groups is 2. The van der Waals surface area contributed by atoms with Gasteiger partial charge in [-0.25, -0.2) is 0 Å². The van der Waals surface area contributed by atoms with E-state index in [1.165, 1.54) is 11.8 Å². The average Bonchev–Trinajstić information content (AvgIpc) is 2.19. The van der Waals surface area contributed by atoms with E-state index in [1.807, 2.05) is 37.3 Å². The Bertz CT molecular complexity index is 336. The minimum absolute atomic E-state index is 0.0120. The number of thioether (sulfide) groups is 2. The largest absolute Gasteiger partial charge is 0.287 e. The van der Waals surface area contributed by atoms with Gasteiger partial charge in [-0.3, -0.25) is 9.59 Å². The fraction of sp³-hybridized carbons (Fsp3) is 0.273. The molecule has 0 aromatic heterocycles. The molecule has 0 aliphatic heterocycles. The van der Waals surface area contributed by atoms with Crippen molar-refractivity contribution in [2.75, 3.05) is 5.75 Å². The molecule has 0 saturated carbocycles. The monoisotopic (exact) mass is 240 g/mol. The van der Waals surface area contributed by atoms with E-state index >= 15 is 0 Å². The maximum Gasteiger partial charge on any atom is 0.201 e. The van der Waals surface area contributed by atoms with Crippen molar-refractivity contribution in [3.8, 4) is 0 Å². The summed E-state index contributed by atoms with van der Waals surface area (Å²) in [6.45, 7) is 1.90. The minimum atomic E-state index is -0.0906. The van der Waals surface area contributed by atoms with Crippen molar-refractivity contribution in [1.29, 1.82) is 0 Å². The van der Waals surface area contributed by atoms with Gasteiger partial charge < -0.3 is 0 Å². The van der Waals surface area contributed by atoms with Crippen LogP contribution in [0.25, 0.3) is 0 Å². The highest BCUT2D eigenvalue weighted by atomic mass is 32.2. The Labute approximate surface area is 97.8 Å². The van der Waals surface area contributed by atoms with Crippen LogP contribution >= 0.6 is 23.5 Å². The topological polar surface area (TPSA) is 34.1 Å². The van der Waals surface area contributed by atoms with Gasteiger partial charge in [0, 0.05) is 4.90 Å². The standard InChI is InChI=1S/C11H12O2S2/c1-2-14-10(12)8-11(13)15-9-6-4-3-5-7-9/h3-7H,2,8H2,1H3. The molecule has 0 aliphatic carbocycles. The predicted molar refractivity (Wildman–Crippen MR) is 65.1 cm³/mol. The molecule has 0 saturated heterocycles. The van der Waals surface area contributed by atoms with Crippen LogP contribution in [-0.4, -0.2) is 16.0 Å². The molecule has 80 valence electrons. The summed E-state index contributed by atoms with van der Waals surface area (Å²) in [6.07, 6.45) is 0.0120. The molecular formula is C11H12O2S2. The van der Waals surface area contributed by atoms with Crippen LogP contribution in [0.5, 0.6) is 0 Å². The second kappa shape index (κ2) is 6.69. The van der Waals surface area contributed by atoms with Crippen LogP contribution in [0.4, 0.5) is 0 Å². The summed E-state index contributed by atoms with van der Waals surface area (Å²) < 4.78 is 0. The number of hydrogen-bond acceptors (Lipinski definition) is 4. The Morgan fingerprint density at radius 1 is 1.13 bits per heavy atom. The number of carbonyl (C=O) groups excluding carboxylic acids is 2. The van der Waals surface area contributed by atoms with Gasteiger partial charge in [0.25, 0.3) is 0 Å². The second-order valence-electron chi connectivity index (χ2n) is 2.77. The van der Waals surface area contributed by atoms with E-state index in [0.29, 0.717) is 0 Å². The molecule has 2 nitrogen and oxygen atoms in total. The molecule has 1 rings (SSSR count). The summed E-state index contributed by atoms with van der Waals surface area (Å²) in [6, 6.07) is 9.36. The Balaban J connectivity index is 2.40. The molecule has 0 unspecified atom stereocenters. The summed E-state index contributed by atoms with van der Waals surface area (Å²) in [7, 11) is 0. The molecule has 1 aromatic carbocycles. The lowest BCUT2D eigenvalue weighted by Crippen LogP contribution is -2.00. The van der Waals surface area contributed by atoms with E-state index in [9.17, 15) is 9.59 Å². The highest BCUT2D eigenvalue weighted by Crippen LogP contribution is 2.20. The summed E-state index contributed by atoms with van der Waals surface area (Å²) in [5.41, 5.74) is 0. The molecule has 1 aromatic rings. The lowest BCUT2D eigenvalue weighted by molar-refractivity contribution is -0.117. The first-order valence-electron chi connectivity index (χ1n) is 4.63. The first-order chi connectivity index (χ1) is 7.22. The quantitative estimate of drug-likeness (QED) is 0.598. The third kappa shape index (κ3) is 5.04. The van der Waals surface area contributed by atoms with Crippen molar-refractivity contribution in [2.24, 2.45) is 0 Å². The van der Waals surface area contributed by atoms with Crippen LogP contribution in [0.2, 0.25) is 0 Å². The first kappa shape index (κ1) is 12.3. The Kier molecular flexibility index (Phi) is 5.50. The average molecular weight is 240 g/mol. The van der Waals surface area contributed by atoms with Gasteiger partial charge in [-0.05, 0) is 17.9 Å². The molecule has 0 bridgehead atoms. The molecule has 0 heterocycles. The van der Waals surface area contributed by atoms with Crippen LogP contribution in [-0.2, 0) is 9.59 Å². The van der Waals surface area contributed by atoms with Gasteiger partial charge in [-0.2, -0.15) is 0 Å². The fourth-order valence-corrected chi connectivity index (χ4v) is 2.39. The third-order valence-corrected chi connectivity index (χ3v) is 3.20. The highest BCUT2D eigenvalue weighted by Gasteiger charge is 2.10. The number of hydrogen-bond donors (Lipinski definition) is 0. The molecule has 0 amide bonds. The van der Waals surface area contributed by atoms with Gasteiger partial charge in [0.1, 0.15) is 0 Å². The molecule has 0 aliphatic rings. The molecule has 0 radical (unpaired) electrons. The SMILES string of the molecule is CCSC(=O)CC(=O)Sc1ccccc1. The van der Waals surface area contributed by atoms with Gasteiger partial charge in [0.05, 0.1) is 6.42 Å². The van der Waals surface area contributed by atoms with Crippen molar-refractivity contribution in [3.63, 3.8) is 0 Å². The number of benzene rings is 1. The van der Waals surface area contributed by atoms with Crippen molar-refractivity contribution in [3.05, 3.63) is 30.3 Å². The summed E-state index contributed by atoms with van der Waals surface area (Å²) >= 11 is 2.32. The van der Waals surface area contributed by atoms with Gasteiger partial charge in [0.15, 0.2) is 5.12 Å². The van der Waals surface area contributed by atoms with E-state index in [4.69, 9.17) is 0 Å². The lowest BCUT2D eigenvalue weighted by atomic mass is 10.4. The first-order valence-corrected chi connectivity index (χ1v) is 6.44. The molecule has 15 heavy (non-hydrogen) atoms. The maximum absolute atomic E-state index is 11.4. The zero-order valence-electron chi connectivity index (χ0n) is 8.43. The van der Waals surface area contributed by atoms with Crippen LogP contribution in [0.1, 0.15) is 13.3 Å². The minimum Gasteiger partial charge on any atom is -0.287 e. The summed E-state index contributed by atoms with van der Waals surface area (Å²) in [5, 5.41) is -0.141. The van der Waals surface area contributed by atoms with E-state index in [1.54, 1.807) is 0 Å². The van der Waals surface area contributed by atoms with Crippen LogP contribution in [0.15, 0.2) is 35.2 Å².